The number of carbonyl (C=O) groups is 1. The number of hydrogen-bond acceptors (Lipinski definition) is 3. The number of carbonyl (C=O) groups excluding carboxylic acids is 1. The van der Waals surface area contributed by atoms with Crippen LogP contribution in [0, 0.1) is 6.92 Å². The van der Waals surface area contributed by atoms with Gasteiger partial charge in [-0.3, -0.25) is 4.79 Å². The number of ether oxygens (including phenoxy) is 1. The third-order valence-corrected chi connectivity index (χ3v) is 3.32. The first-order chi connectivity index (χ1) is 9.54. The SMILES string of the molecule is Cc1ccc(CN(C)C(=O)COc2ccc(Br)cc2)o1. The van der Waals surface area contributed by atoms with Gasteiger partial charge in [0, 0.05) is 11.5 Å². The molecule has 0 spiro atoms. The van der Waals surface area contributed by atoms with Crippen LogP contribution in [0.5, 0.6) is 5.75 Å². The molecule has 4 nitrogen and oxygen atoms in total. The van der Waals surface area contributed by atoms with Crippen LogP contribution < -0.4 is 4.74 Å². The van der Waals surface area contributed by atoms with Crippen LogP contribution in [-0.2, 0) is 11.3 Å². The van der Waals surface area contributed by atoms with Crippen LogP contribution >= 0.6 is 15.9 Å². The van der Waals surface area contributed by atoms with E-state index in [2.05, 4.69) is 15.9 Å². The molecule has 20 heavy (non-hydrogen) atoms. The average molecular weight is 338 g/mol. The van der Waals surface area contributed by atoms with Gasteiger partial charge in [0.15, 0.2) is 6.61 Å². The van der Waals surface area contributed by atoms with Crippen molar-refractivity contribution in [3.05, 3.63) is 52.4 Å². The second-order valence-corrected chi connectivity index (χ2v) is 5.42. The lowest BCUT2D eigenvalue weighted by molar-refractivity contribution is -0.132. The molecule has 0 saturated heterocycles. The standard InChI is InChI=1S/C15H16BrNO3/c1-11-3-6-14(20-11)9-17(2)15(18)10-19-13-7-4-12(16)5-8-13/h3-8H,9-10H2,1-2H3. The summed E-state index contributed by atoms with van der Waals surface area (Å²) in [7, 11) is 1.73. The van der Waals surface area contributed by atoms with Crippen LogP contribution in [0.25, 0.3) is 0 Å². The van der Waals surface area contributed by atoms with E-state index in [1.807, 2.05) is 43.3 Å². The number of amides is 1. The van der Waals surface area contributed by atoms with E-state index >= 15 is 0 Å². The number of nitrogens with zero attached hydrogens (tertiary/aromatic N) is 1. The number of benzene rings is 1. The zero-order valence-corrected chi connectivity index (χ0v) is 13.0. The Bertz CT molecular complexity index is 577. The molecule has 2 aromatic rings. The van der Waals surface area contributed by atoms with Crippen molar-refractivity contribution in [3.8, 4) is 5.75 Å². The van der Waals surface area contributed by atoms with E-state index in [9.17, 15) is 4.79 Å². The Kier molecular flexibility index (Phi) is 4.84. The van der Waals surface area contributed by atoms with Gasteiger partial charge in [0.25, 0.3) is 5.91 Å². The van der Waals surface area contributed by atoms with Crippen molar-refractivity contribution in [1.29, 1.82) is 0 Å². The smallest absolute Gasteiger partial charge is 0.260 e. The summed E-state index contributed by atoms with van der Waals surface area (Å²) in [5.74, 6) is 2.18. The number of hydrogen-bond donors (Lipinski definition) is 0. The normalized spacial score (nSPS) is 10.3. The van der Waals surface area contributed by atoms with Gasteiger partial charge in [-0.2, -0.15) is 0 Å². The summed E-state index contributed by atoms with van der Waals surface area (Å²) >= 11 is 3.35. The van der Waals surface area contributed by atoms with Crippen LogP contribution in [0.15, 0.2) is 45.3 Å². The Morgan fingerprint density at radius 3 is 2.55 bits per heavy atom. The van der Waals surface area contributed by atoms with E-state index < -0.39 is 0 Å². The molecule has 0 unspecified atom stereocenters. The number of furan rings is 1. The molecular formula is C15H16BrNO3. The maximum Gasteiger partial charge on any atom is 0.260 e. The first-order valence-electron chi connectivity index (χ1n) is 6.22. The number of likely N-dealkylation sites (N-methyl/N-ethyl adjacent to an activating group) is 1. The molecule has 2 rings (SSSR count). The molecule has 1 amide bonds. The van der Waals surface area contributed by atoms with Crippen molar-refractivity contribution in [2.45, 2.75) is 13.5 Å². The Balaban J connectivity index is 1.83. The van der Waals surface area contributed by atoms with Gasteiger partial charge in [0.05, 0.1) is 6.54 Å². The molecule has 0 bridgehead atoms. The third-order valence-electron chi connectivity index (χ3n) is 2.79. The van der Waals surface area contributed by atoms with Gasteiger partial charge in [0.1, 0.15) is 17.3 Å². The van der Waals surface area contributed by atoms with E-state index in [0.717, 1.165) is 16.0 Å². The zero-order chi connectivity index (χ0) is 14.5. The quantitative estimate of drug-likeness (QED) is 0.839. The van der Waals surface area contributed by atoms with E-state index in [4.69, 9.17) is 9.15 Å². The van der Waals surface area contributed by atoms with Crippen molar-refractivity contribution < 1.29 is 13.9 Å². The molecule has 0 saturated carbocycles. The molecule has 5 heteroatoms. The highest BCUT2D eigenvalue weighted by molar-refractivity contribution is 9.10. The predicted molar refractivity (Wildman–Crippen MR) is 79.6 cm³/mol. The van der Waals surface area contributed by atoms with E-state index in [-0.39, 0.29) is 12.5 Å². The maximum absolute atomic E-state index is 11.9. The minimum Gasteiger partial charge on any atom is -0.484 e. The van der Waals surface area contributed by atoms with Gasteiger partial charge in [-0.1, -0.05) is 15.9 Å². The van der Waals surface area contributed by atoms with Gasteiger partial charge in [-0.25, -0.2) is 0 Å². The monoisotopic (exact) mass is 337 g/mol. The van der Waals surface area contributed by atoms with Crippen LogP contribution in [0.1, 0.15) is 11.5 Å². The topological polar surface area (TPSA) is 42.7 Å². The molecule has 0 radical (unpaired) electrons. The summed E-state index contributed by atoms with van der Waals surface area (Å²) < 4.78 is 11.9. The number of halogens is 1. The van der Waals surface area contributed by atoms with Gasteiger partial charge in [0.2, 0.25) is 0 Å². The van der Waals surface area contributed by atoms with Crippen LogP contribution in [-0.4, -0.2) is 24.5 Å². The van der Waals surface area contributed by atoms with Crippen molar-refractivity contribution in [2.24, 2.45) is 0 Å². The van der Waals surface area contributed by atoms with Crippen LogP contribution in [0.4, 0.5) is 0 Å². The summed E-state index contributed by atoms with van der Waals surface area (Å²) in [5.41, 5.74) is 0. The lowest BCUT2D eigenvalue weighted by atomic mass is 10.3. The highest BCUT2D eigenvalue weighted by Gasteiger charge is 2.12. The largest absolute Gasteiger partial charge is 0.484 e. The molecule has 0 aliphatic carbocycles. The van der Waals surface area contributed by atoms with Crippen molar-refractivity contribution in [3.63, 3.8) is 0 Å². The molecule has 0 fully saturated rings. The summed E-state index contributed by atoms with van der Waals surface area (Å²) in [6.45, 7) is 2.33. The molecule has 0 aliphatic heterocycles. The summed E-state index contributed by atoms with van der Waals surface area (Å²) in [5, 5.41) is 0. The van der Waals surface area contributed by atoms with Crippen LogP contribution in [0.3, 0.4) is 0 Å². The van der Waals surface area contributed by atoms with E-state index in [1.165, 1.54) is 0 Å². The molecule has 0 aliphatic rings. The third kappa shape index (κ3) is 4.13. The minimum absolute atomic E-state index is 0.0117. The fraction of sp³-hybridized carbons (Fsp3) is 0.267. The highest BCUT2D eigenvalue weighted by atomic mass is 79.9. The summed E-state index contributed by atoms with van der Waals surface area (Å²) in [6, 6.07) is 11.1. The van der Waals surface area contributed by atoms with Gasteiger partial charge < -0.3 is 14.1 Å². The molecule has 1 aromatic heterocycles. The zero-order valence-electron chi connectivity index (χ0n) is 11.4. The Morgan fingerprint density at radius 1 is 1.25 bits per heavy atom. The highest BCUT2D eigenvalue weighted by Crippen LogP contribution is 2.16. The molecule has 1 aromatic carbocycles. The molecule has 0 N–H and O–H groups in total. The molecule has 0 atom stereocenters. The predicted octanol–water partition coefficient (Wildman–Crippen LogP) is 3.39. The van der Waals surface area contributed by atoms with Crippen molar-refractivity contribution >= 4 is 21.8 Å². The van der Waals surface area contributed by atoms with E-state index in [1.54, 1.807) is 11.9 Å². The van der Waals surface area contributed by atoms with Crippen molar-refractivity contribution in [2.75, 3.05) is 13.7 Å². The fourth-order valence-corrected chi connectivity index (χ4v) is 1.94. The Labute approximate surface area is 126 Å². The van der Waals surface area contributed by atoms with Crippen LogP contribution in [0.2, 0.25) is 0 Å². The fourth-order valence-electron chi connectivity index (χ4n) is 1.68. The maximum atomic E-state index is 11.9. The minimum atomic E-state index is -0.0954. The summed E-state index contributed by atoms with van der Waals surface area (Å²) in [4.78, 5) is 13.5. The average Bonchev–Trinajstić information content (AvgIpc) is 2.83. The van der Waals surface area contributed by atoms with E-state index in [0.29, 0.717) is 12.3 Å². The van der Waals surface area contributed by atoms with Gasteiger partial charge in [-0.05, 0) is 43.3 Å². The lowest BCUT2D eigenvalue weighted by Crippen LogP contribution is -2.30. The lowest BCUT2D eigenvalue weighted by Gasteiger charge is -2.16. The first-order valence-corrected chi connectivity index (χ1v) is 7.01. The number of aryl methyl sites for hydroxylation is 1. The number of rotatable bonds is 5. The van der Waals surface area contributed by atoms with Crippen molar-refractivity contribution in [1.82, 2.24) is 4.90 Å². The van der Waals surface area contributed by atoms with Gasteiger partial charge in [-0.15, -0.1) is 0 Å². The molecule has 1 heterocycles. The Morgan fingerprint density at radius 2 is 1.95 bits per heavy atom. The second kappa shape index (κ2) is 6.61. The Hall–Kier alpha value is -1.75. The first kappa shape index (κ1) is 14.7. The molecular weight excluding hydrogens is 322 g/mol. The van der Waals surface area contributed by atoms with Gasteiger partial charge >= 0.3 is 0 Å². The second-order valence-electron chi connectivity index (χ2n) is 4.50. The molecule has 106 valence electrons. The summed E-state index contributed by atoms with van der Waals surface area (Å²) in [6.07, 6.45) is 0.